The third kappa shape index (κ3) is 2.65. The van der Waals surface area contributed by atoms with Crippen LogP contribution in [0.4, 0.5) is 15.8 Å². The van der Waals surface area contributed by atoms with E-state index in [1.54, 1.807) is 0 Å². The van der Waals surface area contributed by atoms with Crippen LogP contribution in [0, 0.1) is 11.7 Å². The van der Waals surface area contributed by atoms with Crippen molar-refractivity contribution in [1.82, 2.24) is 9.72 Å². The molecule has 4 heterocycles. The lowest BCUT2D eigenvalue weighted by Crippen LogP contribution is -2.31. The number of pyridine rings is 1. The summed E-state index contributed by atoms with van der Waals surface area (Å²) in [6.07, 6.45) is 0.977. The average Bonchev–Trinajstić information content (AvgIpc) is 3.33. The lowest BCUT2D eigenvalue weighted by molar-refractivity contribution is 0.0697. The highest BCUT2D eigenvalue weighted by molar-refractivity contribution is 7.16. The molecule has 0 aliphatic carbocycles. The number of aromatic nitrogens is 1. The van der Waals surface area contributed by atoms with E-state index in [0.29, 0.717) is 34.2 Å². The summed E-state index contributed by atoms with van der Waals surface area (Å²) in [7, 11) is 1.90. The molecule has 3 aromatic rings. The van der Waals surface area contributed by atoms with Gasteiger partial charge < -0.3 is 20.2 Å². The standard InChI is InChI=1S/C21H23FN4O3S/c1-3-23-7-11-4-5-25(8-11)17-14(22)6-13-16-18(17)24(2)9-12-10-30-20(26(12)16)15(19(13)27)21(28)29/h6,10-11,23H,3-5,7-9H2,1-2H3,(H,28,29). The maximum atomic E-state index is 15.5. The number of hydrogen-bond acceptors (Lipinski definition) is 6. The number of thiazole rings is 1. The van der Waals surface area contributed by atoms with Gasteiger partial charge in [-0.1, -0.05) is 6.92 Å². The van der Waals surface area contributed by atoms with Crippen LogP contribution >= 0.6 is 11.3 Å². The zero-order valence-corrected chi connectivity index (χ0v) is 17.7. The van der Waals surface area contributed by atoms with Gasteiger partial charge in [0, 0.05) is 25.5 Å². The molecule has 7 nitrogen and oxygen atoms in total. The van der Waals surface area contributed by atoms with Crippen LogP contribution < -0.4 is 20.5 Å². The van der Waals surface area contributed by atoms with E-state index in [1.807, 2.05) is 21.7 Å². The molecular formula is C21H23FN4O3S. The van der Waals surface area contributed by atoms with Crippen LogP contribution in [-0.2, 0) is 6.54 Å². The third-order valence-corrected chi connectivity index (χ3v) is 7.19. The molecule has 158 valence electrons. The maximum absolute atomic E-state index is 15.5. The van der Waals surface area contributed by atoms with Crippen LogP contribution in [0.5, 0.6) is 0 Å². The molecule has 0 spiro atoms. The molecule has 2 N–H and O–H groups in total. The molecule has 0 bridgehead atoms. The fraction of sp³-hybridized carbons (Fsp3) is 0.429. The number of benzene rings is 1. The first-order chi connectivity index (χ1) is 14.4. The highest BCUT2D eigenvalue weighted by Crippen LogP contribution is 2.44. The van der Waals surface area contributed by atoms with Crippen LogP contribution in [0.2, 0.25) is 0 Å². The Morgan fingerprint density at radius 3 is 2.93 bits per heavy atom. The molecule has 2 aliphatic heterocycles. The monoisotopic (exact) mass is 430 g/mol. The Labute approximate surface area is 176 Å². The topological polar surface area (TPSA) is 77.3 Å². The third-order valence-electron chi connectivity index (χ3n) is 6.19. The minimum Gasteiger partial charge on any atom is -0.477 e. The summed E-state index contributed by atoms with van der Waals surface area (Å²) in [5.41, 5.74) is 1.78. The van der Waals surface area contributed by atoms with Gasteiger partial charge in [-0.2, -0.15) is 0 Å². The number of hydrogen-bond donors (Lipinski definition) is 2. The molecule has 5 rings (SSSR count). The van der Waals surface area contributed by atoms with E-state index in [0.717, 1.165) is 38.3 Å². The zero-order chi connectivity index (χ0) is 21.2. The van der Waals surface area contributed by atoms with Gasteiger partial charge in [-0.25, -0.2) is 9.18 Å². The average molecular weight is 431 g/mol. The Morgan fingerprint density at radius 2 is 2.20 bits per heavy atom. The van der Waals surface area contributed by atoms with Crippen LogP contribution in [0.1, 0.15) is 29.4 Å². The second kappa shape index (κ2) is 6.95. The molecule has 0 amide bonds. The molecule has 30 heavy (non-hydrogen) atoms. The number of aromatic carboxylic acids is 1. The lowest BCUT2D eigenvalue weighted by Gasteiger charge is -2.32. The summed E-state index contributed by atoms with van der Waals surface area (Å²) < 4.78 is 17.3. The van der Waals surface area contributed by atoms with Crippen molar-refractivity contribution < 1.29 is 14.3 Å². The predicted octanol–water partition coefficient (Wildman–Crippen LogP) is 2.74. The molecule has 1 atom stereocenters. The number of rotatable bonds is 5. The molecular weight excluding hydrogens is 407 g/mol. The number of halogens is 1. The minimum absolute atomic E-state index is 0.121. The van der Waals surface area contributed by atoms with Gasteiger partial charge in [-0.15, -0.1) is 11.3 Å². The van der Waals surface area contributed by atoms with Gasteiger partial charge >= 0.3 is 5.97 Å². The van der Waals surface area contributed by atoms with E-state index in [9.17, 15) is 14.7 Å². The van der Waals surface area contributed by atoms with Crippen molar-refractivity contribution in [3.8, 4) is 0 Å². The van der Waals surface area contributed by atoms with Crippen LogP contribution in [-0.4, -0.2) is 48.7 Å². The van der Waals surface area contributed by atoms with E-state index < -0.39 is 17.2 Å². The molecule has 1 saturated heterocycles. The van der Waals surface area contributed by atoms with Crippen molar-refractivity contribution >= 4 is 44.4 Å². The Balaban J connectivity index is 1.78. The first kappa shape index (κ1) is 19.3. The van der Waals surface area contributed by atoms with Gasteiger partial charge in [-0.05, 0) is 31.5 Å². The van der Waals surface area contributed by atoms with Gasteiger partial charge in [0.1, 0.15) is 16.2 Å². The highest BCUT2D eigenvalue weighted by atomic mass is 32.1. The number of carboxylic acids is 1. The first-order valence-electron chi connectivity index (χ1n) is 10.1. The number of anilines is 2. The molecule has 1 unspecified atom stereocenters. The lowest BCUT2D eigenvalue weighted by atomic mass is 10.0. The van der Waals surface area contributed by atoms with Gasteiger partial charge in [0.2, 0.25) is 5.43 Å². The van der Waals surface area contributed by atoms with E-state index >= 15 is 4.39 Å². The minimum atomic E-state index is -1.28. The van der Waals surface area contributed by atoms with Crippen molar-refractivity contribution in [1.29, 1.82) is 0 Å². The van der Waals surface area contributed by atoms with E-state index in [4.69, 9.17) is 0 Å². The van der Waals surface area contributed by atoms with Crippen LogP contribution in [0.3, 0.4) is 0 Å². The number of nitrogens with one attached hydrogen (secondary N) is 1. The van der Waals surface area contributed by atoms with Crippen molar-refractivity contribution in [2.75, 3.05) is 43.0 Å². The summed E-state index contributed by atoms with van der Waals surface area (Å²) in [5.74, 6) is -1.31. The molecule has 2 aromatic heterocycles. The quantitative estimate of drug-likeness (QED) is 0.648. The Morgan fingerprint density at radius 1 is 1.40 bits per heavy atom. The van der Waals surface area contributed by atoms with Crippen molar-refractivity contribution in [2.45, 2.75) is 19.9 Å². The predicted molar refractivity (Wildman–Crippen MR) is 117 cm³/mol. The Kier molecular flexibility index (Phi) is 4.48. The van der Waals surface area contributed by atoms with Gasteiger partial charge in [0.25, 0.3) is 0 Å². The Bertz CT molecular complexity index is 1250. The Hall–Kier alpha value is -2.65. The van der Waals surface area contributed by atoms with Crippen LogP contribution in [0.15, 0.2) is 16.2 Å². The second-order valence-corrected chi connectivity index (χ2v) is 8.95. The summed E-state index contributed by atoms with van der Waals surface area (Å²) in [6, 6.07) is 1.23. The number of carboxylic acid groups (broad SMARTS) is 1. The van der Waals surface area contributed by atoms with Gasteiger partial charge in [-0.3, -0.25) is 9.20 Å². The SMILES string of the molecule is CCNCC1CCN(c2c(F)cc3c(=O)c(C(=O)O)c4scc5n4c3c2N(C)C5)C1. The molecule has 9 heteroatoms. The molecule has 0 saturated carbocycles. The maximum Gasteiger partial charge on any atom is 0.342 e. The summed E-state index contributed by atoms with van der Waals surface area (Å²) in [5, 5.41) is 15.0. The molecule has 1 aromatic carbocycles. The van der Waals surface area contributed by atoms with Gasteiger partial charge in [0.15, 0.2) is 0 Å². The van der Waals surface area contributed by atoms with Crippen molar-refractivity contribution in [2.24, 2.45) is 5.92 Å². The summed E-state index contributed by atoms with van der Waals surface area (Å²) in [4.78, 5) is 29.3. The van der Waals surface area contributed by atoms with Crippen LogP contribution in [0.25, 0.3) is 15.7 Å². The molecule has 0 radical (unpaired) electrons. The number of nitrogens with zero attached hydrogens (tertiary/aromatic N) is 3. The number of carbonyl (C=O) groups is 1. The highest BCUT2D eigenvalue weighted by Gasteiger charge is 2.33. The summed E-state index contributed by atoms with van der Waals surface area (Å²) in [6.45, 7) is 5.89. The summed E-state index contributed by atoms with van der Waals surface area (Å²) >= 11 is 1.25. The van der Waals surface area contributed by atoms with Gasteiger partial charge in [0.05, 0.1) is 34.5 Å². The van der Waals surface area contributed by atoms with Crippen molar-refractivity contribution in [3.05, 3.63) is 38.7 Å². The normalized spacial score (nSPS) is 18.3. The van der Waals surface area contributed by atoms with E-state index in [2.05, 4.69) is 17.1 Å². The zero-order valence-electron chi connectivity index (χ0n) is 16.9. The largest absolute Gasteiger partial charge is 0.477 e. The molecule has 1 fully saturated rings. The smallest absolute Gasteiger partial charge is 0.342 e. The van der Waals surface area contributed by atoms with E-state index in [-0.39, 0.29) is 10.9 Å². The first-order valence-corrected chi connectivity index (χ1v) is 11.0. The van der Waals surface area contributed by atoms with Crippen molar-refractivity contribution in [3.63, 3.8) is 0 Å². The fourth-order valence-electron chi connectivity index (χ4n) is 4.85. The molecule has 2 aliphatic rings. The van der Waals surface area contributed by atoms with E-state index in [1.165, 1.54) is 17.4 Å². The second-order valence-electron chi connectivity index (χ2n) is 8.09. The fourth-order valence-corrected chi connectivity index (χ4v) is 5.89.